The summed E-state index contributed by atoms with van der Waals surface area (Å²) in [7, 11) is 1.57. The highest BCUT2D eigenvalue weighted by molar-refractivity contribution is 5.92. The average molecular weight is 464 g/mol. The van der Waals surface area contributed by atoms with Crippen molar-refractivity contribution >= 4 is 16.6 Å². The first-order valence-corrected chi connectivity index (χ1v) is 11.5. The van der Waals surface area contributed by atoms with Crippen LogP contribution in [0.2, 0.25) is 0 Å². The summed E-state index contributed by atoms with van der Waals surface area (Å²) >= 11 is 0. The van der Waals surface area contributed by atoms with Crippen LogP contribution in [-0.4, -0.2) is 61.9 Å². The van der Waals surface area contributed by atoms with E-state index < -0.39 is 5.82 Å². The summed E-state index contributed by atoms with van der Waals surface area (Å²) in [5.41, 5.74) is 4.06. The average Bonchev–Trinajstić information content (AvgIpc) is 3.62. The van der Waals surface area contributed by atoms with Crippen molar-refractivity contribution in [3.8, 4) is 28.5 Å². The van der Waals surface area contributed by atoms with E-state index in [9.17, 15) is 4.39 Å². The highest BCUT2D eigenvalue weighted by atomic mass is 19.1. The second kappa shape index (κ2) is 8.73. The van der Waals surface area contributed by atoms with Crippen LogP contribution >= 0.6 is 0 Å². The molecule has 2 aliphatic heterocycles. The number of methoxy groups -OCH3 is 1. The van der Waals surface area contributed by atoms with Gasteiger partial charge in [0.05, 0.1) is 12.1 Å². The van der Waals surface area contributed by atoms with Crippen LogP contribution in [0.25, 0.3) is 33.6 Å². The van der Waals surface area contributed by atoms with Gasteiger partial charge in [0.2, 0.25) is 0 Å². The van der Waals surface area contributed by atoms with E-state index >= 15 is 0 Å². The zero-order valence-electron chi connectivity index (χ0n) is 18.9. The molecule has 0 unspecified atom stereocenters. The van der Waals surface area contributed by atoms with E-state index in [-0.39, 0.29) is 12.4 Å². The Morgan fingerprint density at radius 1 is 1.09 bits per heavy atom. The van der Waals surface area contributed by atoms with Gasteiger partial charge in [-0.05, 0) is 30.0 Å². The molecule has 176 valence electrons. The quantitative estimate of drug-likeness (QED) is 0.404. The molecule has 4 heterocycles. The smallest absolute Gasteiger partial charge is 0.188 e. The first-order chi connectivity index (χ1) is 16.7. The SMILES string of the molecule is COCCOc1cc2[nH]nc(-c3cc(-c4ccc(N5C[C@H]6CNC[C@H]6C5)cc4)no3)c2cc1F. The van der Waals surface area contributed by atoms with E-state index in [1.54, 1.807) is 13.2 Å². The van der Waals surface area contributed by atoms with E-state index in [1.807, 2.05) is 6.07 Å². The zero-order valence-corrected chi connectivity index (χ0v) is 18.9. The Bertz CT molecular complexity index is 1290. The monoisotopic (exact) mass is 463 g/mol. The molecule has 8 nitrogen and oxygen atoms in total. The molecule has 2 saturated heterocycles. The van der Waals surface area contributed by atoms with Crippen LogP contribution in [0.3, 0.4) is 0 Å². The van der Waals surface area contributed by atoms with Crippen molar-refractivity contribution in [2.45, 2.75) is 0 Å². The predicted molar refractivity (Wildman–Crippen MR) is 126 cm³/mol. The number of hydrogen-bond donors (Lipinski definition) is 2. The summed E-state index contributed by atoms with van der Waals surface area (Å²) in [6.45, 7) is 5.09. The molecule has 0 spiro atoms. The van der Waals surface area contributed by atoms with Gasteiger partial charge in [-0.25, -0.2) is 4.39 Å². The summed E-state index contributed by atoms with van der Waals surface area (Å²) < 4.78 is 30.5. The predicted octanol–water partition coefficient (Wildman–Crippen LogP) is 3.70. The number of hydrogen-bond acceptors (Lipinski definition) is 7. The number of fused-ring (bicyclic) bond motifs is 2. The minimum atomic E-state index is -0.469. The second-order valence-electron chi connectivity index (χ2n) is 8.95. The molecule has 6 rings (SSSR count). The van der Waals surface area contributed by atoms with Crippen molar-refractivity contribution < 1.29 is 18.4 Å². The Morgan fingerprint density at radius 3 is 2.65 bits per heavy atom. The minimum absolute atomic E-state index is 0.149. The van der Waals surface area contributed by atoms with E-state index in [2.05, 4.69) is 49.8 Å². The number of benzene rings is 2. The van der Waals surface area contributed by atoms with Gasteiger partial charge in [-0.2, -0.15) is 5.10 Å². The van der Waals surface area contributed by atoms with Crippen LogP contribution in [0.15, 0.2) is 47.0 Å². The maximum Gasteiger partial charge on any atom is 0.188 e. The summed E-state index contributed by atoms with van der Waals surface area (Å²) in [6.07, 6.45) is 0. The summed E-state index contributed by atoms with van der Waals surface area (Å²) in [5.74, 6) is 1.65. The molecule has 0 saturated carbocycles. The number of nitrogens with one attached hydrogen (secondary N) is 2. The van der Waals surface area contributed by atoms with Crippen molar-refractivity contribution in [1.29, 1.82) is 0 Å². The number of H-pyrrole nitrogens is 1. The highest BCUT2D eigenvalue weighted by Gasteiger charge is 2.36. The van der Waals surface area contributed by atoms with Crippen molar-refractivity contribution in [2.24, 2.45) is 11.8 Å². The molecule has 0 bridgehead atoms. The van der Waals surface area contributed by atoms with E-state index in [4.69, 9.17) is 14.0 Å². The molecule has 0 amide bonds. The molecular weight excluding hydrogens is 437 g/mol. The van der Waals surface area contributed by atoms with Gasteiger partial charge in [0.1, 0.15) is 18.0 Å². The van der Waals surface area contributed by atoms with Gasteiger partial charge in [-0.1, -0.05) is 17.3 Å². The lowest BCUT2D eigenvalue weighted by atomic mass is 10.0. The van der Waals surface area contributed by atoms with E-state index in [1.165, 1.54) is 11.8 Å². The lowest BCUT2D eigenvalue weighted by Gasteiger charge is -2.19. The molecule has 2 aliphatic rings. The van der Waals surface area contributed by atoms with Crippen molar-refractivity contribution in [1.82, 2.24) is 20.7 Å². The van der Waals surface area contributed by atoms with Crippen molar-refractivity contribution in [2.75, 3.05) is 51.4 Å². The molecule has 4 aromatic rings. The fraction of sp³-hybridized carbons (Fsp3) is 0.360. The molecule has 0 aliphatic carbocycles. The normalized spacial score (nSPS) is 19.8. The first-order valence-electron chi connectivity index (χ1n) is 11.5. The van der Waals surface area contributed by atoms with Crippen LogP contribution in [-0.2, 0) is 4.74 Å². The number of halogens is 1. The molecule has 2 atom stereocenters. The Morgan fingerprint density at radius 2 is 1.88 bits per heavy atom. The maximum atomic E-state index is 14.6. The van der Waals surface area contributed by atoms with Gasteiger partial charge in [-0.3, -0.25) is 5.10 Å². The number of rotatable bonds is 7. The topological polar surface area (TPSA) is 88.4 Å². The largest absolute Gasteiger partial charge is 0.488 e. The Labute approximate surface area is 196 Å². The third-order valence-electron chi connectivity index (χ3n) is 6.82. The Kier molecular flexibility index (Phi) is 5.43. The maximum absolute atomic E-state index is 14.6. The number of ether oxygens (including phenoxy) is 2. The minimum Gasteiger partial charge on any atom is -0.488 e. The highest BCUT2D eigenvalue weighted by Crippen LogP contribution is 2.34. The van der Waals surface area contributed by atoms with Crippen molar-refractivity contribution in [3.63, 3.8) is 0 Å². The molecule has 34 heavy (non-hydrogen) atoms. The number of aromatic amines is 1. The third-order valence-corrected chi connectivity index (χ3v) is 6.82. The van der Waals surface area contributed by atoms with Crippen molar-refractivity contribution in [3.05, 3.63) is 48.3 Å². The lowest BCUT2D eigenvalue weighted by molar-refractivity contribution is 0.144. The van der Waals surface area contributed by atoms with Gasteiger partial charge in [-0.15, -0.1) is 0 Å². The van der Waals surface area contributed by atoms with E-state index in [0.717, 1.165) is 43.6 Å². The second-order valence-corrected chi connectivity index (χ2v) is 8.95. The van der Waals surface area contributed by atoms with Gasteiger partial charge in [0.25, 0.3) is 0 Å². The summed E-state index contributed by atoms with van der Waals surface area (Å²) in [6, 6.07) is 13.2. The fourth-order valence-electron chi connectivity index (χ4n) is 4.98. The van der Waals surface area contributed by atoms with Gasteiger partial charge in [0, 0.05) is 62.1 Å². The van der Waals surface area contributed by atoms with Crippen LogP contribution in [0, 0.1) is 17.7 Å². The Balaban J connectivity index is 1.21. The first kappa shape index (κ1) is 21.1. The third kappa shape index (κ3) is 3.80. The summed E-state index contributed by atoms with van der Waals surface area (Å²) in [5, 5.41) is 15.6. The summed E-state index contributed by atoms with van der Waals surface area (Å²) in [4.78, 5) is 2.46. The molecule has 9 heteroatoms. The standard InChI is InChI=1S/C25H26FN5O3/c1-32-6-7-33-23-10-22-19(8-20(23)26)25(29-28-22)24-9-21(30-34-24)15-2-4-18(5-3-15)31-13-16-11-27-12-17(16)14-31/h2-5,8-10,16-17,27H,6-7,11-14H2,1H3,(H,28,29)/t16-,17+. The van der Waals surface area contributed by atoms with Crippen LogP contribution in [0.1, 0.15) is 0 Å². The molecule has 2 N–H and O–H groups in total. The number of nitrogens with zero attached hydrogens (tertiary/aromatic N) is 3. The molecule has 0 radical (unpaired) electrons. The molecular formula is C25H26FN5O3. The molecule has 2 fully saturated rings. The van der Waals surface area contributed by atoms with Gasteiger partial charge >= 0.3 is 0 Å². The Hall–Kier alpha value is -3.43. The fourth-order valence-corrected chi connectivity index (χ4v) is 4.98. The van der Waals surface area contributed by atoms with Crippen LogP contribution < -0.4 is 15.0 Å². The number of aromatic nitrogens is 3. The van der Waals surface area contributed by atoms with Gasteiger partial charge < -0.3 is 24.2 Å². The number of anilines is 1. The molecule has 2 aromatic carbocycles. The van der Waals surface area contributed by atoms with Crippen LogP contribution in [0.5, 0.6) is 5.75 Å². The molecule has 2 aromatic heterocycles. The van der Waals surface area contributed by atoms with E-state index in [0.29, 0.717) is 34.7 Å². The van der Waals surface area contributed by atoms with Gasteiger partial charge in [0.15, 0.2) is 17.3 Å². The lowest BCUT2D eigenvalue weighted by Crippen LogP contribution is -2.25. The zero-order chi connectivity index (χ0) is 23.1. The van der Waals surface area contributed by atoms with Crippen LogP contribution in [0.4, 0.5) is 10.1 Å².